The van der Waals surface area contributed by atoms with Crippen molar-refractivity contribution >= 4 is 49.1 Å². The summed E-state index contributed by atoms with van der Waals surface area (Å²) in [4.78, 5) is 12.1. The van der Waals surface area contributed by atoms with Crippen molar-refractivity contribution in [1.82, 2.24) is 5.32 Å². The number of nitrogens with one attached hydrogen (secondary N) is 1. The first-order chi connectivity index (χ1) is 8.13. The number of carbonyl (C=O) groups excluding carboxylic acids is 1. The molecule has 0 radical (unpaired) electrons. The summed E-state index contributed by atoms with van der Waals surface area (Å²) in [6, 6.07) is 2.03. The average Bonchev–Trinajstić information content (AvgIpc) is 2.93. The van der Waals surface area contributed by atoms with E-state index in [4.69, 9.17) is 4.74 Å². The molecule has 1 amide bonds. The summed E-state index contributed by atoms with van der Waals surface area (Å²) in [7, 11) is 0. The van der Waals surface area contributed by atoms with Crippen LogP contribution in [0.25, 0.3) is 0 Å². The third-order valence-corrected chi connectivity index (χ3v) is 5.66. The Morgan fingerprint density at radius 2 is 2.29 bits per heavy atom. The number of amides is 1. The van der Waals surface area contributed by atoms with Gasteiger partial charge in [-0.05, 0) is 57.2 Å². The van der Waals surface area contributed by atoms with Crippen LogP contribution in [-0.4, -0.2) is 24.2 Å². The van der Waals surface area contributed by atoms with Gasteiger partial charge in [-0.2, -0.15) is 0 Å². The van der Waals surface area contributed by atoms with Gasteiger partial charge in [-0.15, -0.1) is 11.3 Å². The molecule has 2 fully saturated rings. The summed E-state index contributed by atoms with van der Waals surface area (Å²) >= 11 is 8.30. The van der Waals surface area contributed by atoms with Crippen molar-refractivity contribution in [3.8, 4) is 0 Å². The van der Waals surface area contributed by atoms with Crippen molar-refractivity contribution < 1.29 is 9.53 Å². The van der Waals surface area contributed by atoms with E-state index in [1.165, 1.54) is 11.3 Å². The fourth-order valence-corrected chi connectivity index (χ4v) is 5.32. The second-order valence-electron chi connectivity index (χ2n) is 4.43. The molecular weight excluding hydrogens is 370 g/mol. The van der Waals surface area contributed by atoms with E-state index < -0.39 is 0 Å². The monoisotopic (exact) mass is 379 g/mol. The summed E-state index contributed by atoms with van der Waals surface area (Å²) < 4.78 is 7.55. The Balaban J connectivity index is 1.69. The molecule has 17 heavy (non-hydrogen) atoms. The van der Waals surface area contributed by atoms with Gasteiger partial charge in [0.15, 0.2) is 0 Å². The van der Waals surface area contributed by atoms with Crippen molar-refractivity contribution in [3.05, 3.63) is 19.2 Å². The Morgan fingerprint density at radius 3 is 2.82 bits per heavy atom. The summed E-state index contributed by atoms with van der Waals surface area (Å²) in [6.45, 7) is 0. The van der Waals surface area contributed by atoms with Crippen molar-refractivity contribution in [1.29, 1.82) is 0 Å². The fraction of sp³-hybridized carbons (Fsp3) is 0.545. The lowest BCUT2D eigenvalue weighted by Gasteiger charge is -2.19. The van der Waals surface area contributed by atoms with Crippen molar-refractivity contribution in [2.75, 3.05) is 0 Å². The van der Waals surface area contributed by atoms with E-state index in [9.17, 15) is 4.79 Å². The summed E-state index contributed by atoms with van der Waals surface area (Å²) in [5.74, 6) is -0.0139. The number of hydrogen-bond acceptors (Lipinski definition) is 3. The topological polar surface area (TPSA) is 38.3 Å². The van der Waals surface area contributed by atoms with Gasteiger partial charge in [0.2, 0.25) is 0 Å². The number of halogens is 2. The van der Waals surface area contributed by atoms with E-state index in [1.54, 1.807) is 0 Å². The predicted octanol–water partition coefficient (Wildman–Crippen LogP) is 3.32. The molecule has 92 valence electrons. The number of ether oxygens (including phenoxy) is 1. The molecule has 2 bridgehead atoms. The zero-order valence-corrected chi connectivity index (χ0v) is 12.9. The van der Waals surface area contributed by atoms with Gasteiger partial charge in [0, 0.05) is 0 Å². The first-order valence-electron chi connectivity index (χ1n) is 5.54. The minimum absolute atomic E-state index is 0.0139. The van der Waals surface area contributed by atoms with Crippen LogP contribution in [-0.2, 0) is 4.74 Å². The second-order valence-corrected chi connectivity index (χ2v) is 8.18. The quantitative estimate of drug-likeness (QED) is 0.854. The van der Waals surface area contributed by atoms with Gasteiger partial charge in [-0.1, -0.05) is 0 Å². The molecule has 0 aliphatic carbocycles. The maximum absolute atomic E-state index is 12.1. The van der Waals surface area contributed by atoms with E-state index in [2.05, 4.69) is 37.2 Å². The molecule has 1 N–H and O–H groups in total. The summed E-state index contributed by atoms with van der Waals surface area (Å²) in [5, 5.41) is 3.07. The molecule has 0 saturated carbocycles. The maximum atomic E-state index is 12.1. The first-order valence-corrected chi connectivity index (χ1v) is 7.95. The van der Waals surface area contributed by atoms with Crippen molar-refractivity contribution in [2.24, 2.45) is 0 Å². The lowest BCUT2D eigenvalue weighted by Crippen LogP contribution is -2.41. The minimum atomic E-state index is -0.0139. The molecule has 1 aromatic heterocycles. The molecule has 2 saturated heterocycles. The fourth-order valence-electron chi connectivity index (χ4n) is 2.53. The van der Waals surface area contributed by atoms with Crippen LogP contribution >= 0.6 is 43.2 Å². The van der Waals surface area contributed by atoms with Crippen LogP contribution in [0.3, 0.4) is 0 Å². The molecule has 1 aromatic rings. The van der Waals surface area contributed by atoms with Gasteiger partial charge in [-0.25, -0.2) is 0 Å². The average molecular weight is 381 g/mol. The second kappa shape index (κ2) is 4.64. The standard InChI is InChI=1S/C11H11Br2NO2S/c12-9-4-6(10(13)17-9)11(15)14-7-3-5-1-2-8(7)16-5/h4-5,7-8H,1-3H2,(H,14,15). The first kappa shape index (κ1) is 12.1. The lowest BCUT2D eigenvalue weighted by atomic mass is 9.95. The van der Waals surface area contributed by atoms with E-state index >= 15 is 0 Å². The highest BCUT2D eigenvalue weighted by atomic mass is 79.9. The highest BCUT2D eigenvalue weighted by molar-refractivity contribution is 9.12. The predicted molar refractivity (Wildman–Crippen MR) is 73.5 cm³/mol. The molecule has 3 rings (SSSR count). The van der Waals surface area contributed by atoms with Crippen LogP contribution < -0.4 is 5.32 Å². The summed E-state index contributed by atoms with van der Waals surface area (Å²) in [5.41, 5.74) is 0.699. The van der Waals surface area contributed by atoms with Gasteiger partial charge in [0.25, 0.3) is 5.91 Å². The Morgan fingerprint density at radius 1 is 1.47 bits per heavy atom. The van der Waals surface area contributed by atoms with Gasteiger partial charge in [0.1, 0.15) is 0 Å². The van der Waals surface area contributed by atoms with Gasteiger partial charge >= 0.3 is 0 Å². The highest BCUT2D eigenvalue weighted by Gasteiger charge is 2.41. The maximum Gasteiger partial charge on any atom is 0.253 e. The lowest BCUT2D eigenvalue weighted by molar-refractivity contribution is 0.0840. The zero-order valence-electron chi connectivity index (χ0n) is 8.91. The van der Waals surface area contributed by atoms with Crippen LogP contribution in [0.1, 0.15) is 29.6 Å². The molecule has 3 nitrogen and oxygen atoms in total. The molecule has 6 heteroatoms. The van der Waals surface area contributed by atoms with Crippen LogP contribution in [0, 0.1) is 0 Å². The Labute approximate surface area is 120 Å². The third-order valence-electron chi connectivity index (χ3n) is 3.32. The number of fused-ring (bicyclic) bond motifs is 2. The van der Waals surface area contributed by atoms with Gasteiger partial charge < -0.3 is 10.1 Å². The number of carbonyl (C=O) groups is 1. The van der Waals surface area contributed by atoms with Crippen molar-refractivity contribution in [2.45, 2.75) is 37.5 Å². The van der Waals surface area contributed by atoms with E-state index in [-0.39, 0.29) is 18.1 Å². The van der Waals surface area contributed by atoms with Gasteiger partial charge in [-0.3, -0.25) is 4.79 Å². The van der Waals surface area contributed by atoms with Crippen LogP contribution in [0.15, 0.2) is 13.6 Å². The van der Waals surface area contributed by atoms with Gasteiger partial charge in [0.05, 0.1) is 31.4 Å². The Kier molecular flexibility index (Phi) is 3.32. The SMILES string of the molecule is O=C(NC1CC2CCC1O2)c1cc(Br)sc1Br. The molecule has 0 aromatic carbocycles. The Bertz CT molecular complexity index is 462. The van der Waals surface area contributed by atoms with E-state index in [0.717, 1.165) is 26.8 Å². The summed E-state index contributed by atoms with van der Waals surface area (Å²) in [6.07, 6.45) is 3.77. The molecule has 2 aliphatic heterocycles. The largest absolute Gasteiger partial charge is 0.373 e. The Hall–Kier alpha value is 0.0900. The minimum Gasteiger partial charge on any atom is -0.373 e. The zero-order chi connectivity index (χ0) is 12.0. The molecule has 3 atom stereocenters. The highest BCUT2D eigenvalue weighted by Crippen LogP contribution is 2.35. The van der Waals surface area contributed by atoms with E-state index in [0.29, 0.717) is 11.7 Å². The number of rotatable bonds is 2. The van der Waals surface area contributed by atoms with Crippen LogP contribution in [0.2, 0.25) is 0 Å². The number of thiophene rings is 1. The number of hydrogen-bond donors (Lipinski definition) is 1. The van der Waals surface area contributed by atoms with Crippen LogP contribution in [0.4, 0.5) is 0 Å². The normalized spacial score (nSPS) is 30.8. The third kappa shape index (κ3) is 2.32. The van der Waals surface area contributed by atoms with Crippen LogP contribution in [0.5, 0.6) is 0 Å². The molecule has 0 spiro atoms. The van der Waals surface area contributed by atoms with E-state index in [1.807, 2.05) is 6.07 Å². The molecule has 2 aliphatic rings. The van der Waals surface area contributed by atoms with Crippen molar-refractivity contribution in [3.63, 3.8) is 0 Å². The molecule has 3 unspecified atom stereocenters. The molecular formula is C11H11Br2NO2S. The smallest absolute Gasteiger partial charge is 0.253 e. The molecule has 3 heterocycles.